The topological polar surface area (TPSA) is 135 Å². The van der Waals surface area contributed by atoms with Gasteiger partial charge in [-0.1, -0.05) is 18.3 Å². The molecule has 1 saturated heterocycles. The second-order valence-electron chi connectivity index (χ2n) is 7.10. The summed E-state index contributed by atoms with van der Waals surface area (Å²) >= 11 is 1.31. The highest BCUT2D eigenvalue weighted by molar-refractivity contribution is 8.03. The number of rotatable bonds is 7. The summed E-state index contributed by atoms with van der Waals surface area (Å²) in [4.78, 5) is 34.2. The molecule has 0 bridgehead atoms. The Labute approximate surface area is 184 Å². The van der Waals surface area contributed by atoms with Crippen molar-refractivity contribution in [1.29, 1.82) is 0 Å². The lowest BCUT2D eigenvalue weighted by Crippen LogP contribution is -2.41. The SMILES string of the molecule is C=C1Sc2c(OCC)nc(N)nc2N1[C@@H]1O[C@H](COC(=O)OC(C)C)C[C@H]1OC(C)=O. The largest absolute Gasteiger partial charge is 0.508 e. The maximum Gasteiger partial charge on any atom is 0.508 e. The average Bonchev–Trinajstić information content (AvgIpc) is 3.19. The van der Waals surface area contributed by atoms with E-state index >= 15 is 0 Å². The minimum absolute atomic E-state index is 0.0286. The van der Waals surface area contributed by atoms with Gasteiger partial charge in [0.15, 0.2) is 12.0 Å². The lowest BCUT2D eigenvalue weighted by Gasteiger charge is -2.29. The van der Waals surface area contributed by atoms with E-state index in [-0.39, 0.29) is 18.7 Å². The van der Waals surface area contributed by atoms with Crippen molar-refractivity contribution in [3.63, 3.8) is 0 Å². The van der Waals surface area contributed by atoms with Gasteiger partial charge in [-0.3, -0.25) is 9.69 Å². The predicted octanol–water partition coefficient (Wildman–Crippen LogP) is 2.45. The lowest BCUT2D eigenvalue weighted by molar-refractivity contribution is -0.148. The van der Waals surface area contributed by atoms with Gasteiger partial charge in [0.05, 0.1) is 23.8 Å². The van der Waals surface area contributed by atoms with Crippen LogP contribution in [0.5, 0.6) is 5.88 Å². The molecule has 0 aliphatic carbocycles. The van der Waals surface area contributed by atoms with Gasteiger partial charge in [0.2, 0.25) is 11.8 Å². The van der Waals surface area contributed by atoms with E-state index < -0.39 is 30.6 Å². The number of carbonyl (C=O) groups excluding carboxylic acids is 2. The fourth-order valence-electron chi connectivity index (χ4n) is 3.23. The molecule has 2 aliphatic heterocycles. The third-order valence-corrected chi connectivity index (χ3v) is 5.26. The third-order valence-electron chi connectivity index (χ3n) is 4.27. The monoisotopic (exact) mass is 454 g/mol. The van der Waals surface area contributed by atoms with E-state index in [9.17, 15) is 9.59 Å². The molecule has 0 unspecified atom stereocenters. The second kappa shape index (κ2) is 9.60. The van der Waals surface area contributed by atoms with Crippen LogP contribution in [0.1, 0.15) is 34.1 Å². The Bertz CT molecular complexity index is 866. The van der Waals surface area contributed by atoms with Gasteiger partial charge < -0.3 is 29.4 Å². The molecule has 1 aromatic heterocycles. The van der Waals surface area contributed by atoms with Gasteiger partial charge in [-0.25, -0.2) is 4.79 Å². The maximum atomic E-state index is 11.7. The Balaban J connectivity index is 1.82. The number of aromatic nitrogens is 2. The molecule has 0 saturated carbocycles. The summed E-state index contributed by atoms with van der Waals surface area (Å²) < 4.78 is 27.2. The predicted molar refractivity (Wildman–Crippen MR) is 111 cm³/mol. The highest BCUT2D eigenvalue weighted by atomic mass is 32.2. The van der Waals surface area contributed by atoms with Crippen LogP contribution in [-0.2, 0) is 23.7 Å². The van der Waals surface area contributed by atoms with E-state index in [2.05, 4.69) is 16.5 Å². The zero-order valence-electron chi connectivity index (χ0n) is 17.8. The van der Waals surface area contributed by atoms with Gasteiger partial charge in [0.1, 0.15) is 17.6 Å². The molecule has 2 N–H and O–H groups in total. The molecular formula is C19H26N4O7S. The summed E-state index contributed by atoms with van der Waals surface area (Å²) in [6.45, 7) is 11.0. The summed E-state index contributed by atoms with van der Waals surface area (Å²) in [5.74, 6) is 0.362. The summed E-state index contributed by atoms with van der Waals surface area (Å²) in [7, 11) is 0. The lowest BCUT2D eigenvalue weighted by atomic mass is 10.2. The first-order chi connectivity index (χ1) is 14.7. The first-order valence-corrected chi connectivity index (χ1v) is 10.6. The highest BCUT2D eigenvalue weighted by Crippen LogP contribution is 2.51. The van der Waals surface area contributed by atoms with E-state index in [1.165, 1.54) is 18.7 Å². The van der Waals surface area contributed by atoms with Crippen molar-refractivity contribution < 1.29 is 33.3 Å². The first kappa shape index (κ1) is 22.9. The molecule has 11 nitrogen and oxygen atoms in total. The molecule has 31 heavy (non-hydrogen) atoms. The number of esters is 1. The first-order valence-electron chi connectivity index (χ1n) is 9.82. The summed E-state index contributed by atoms with van der Waals surface area (Å²) in [6.07, 6.45) is -2.71. The van der Waals surface area contributed by atoms with Gasteiger partial charge >= 0.3 is 12.1 Å². The zero-order valence-corrected chi connectivity index (χ0v) is 18.6. The van der Waals surface area contributed by atoms with E-state index in [1.807, 2.05) is 6.92 Å². The van der Waals surface area contributed by atoms with Crippen molar-refractivity contribution in [3.8, 4) is 5.88 Å². The number of ether oxygens (including phenoxy) is 5. The smallest absolute Gasteiger partial charge is 0.477 e. The van der Waals surface area contributed by atoms with Gasteiger partial charge in [-0.05, 0) is 20.8 Å². The number of carbonyl (C=O) groups is 2. The number of hydrogen-bond donors (Lipinski definition) is 1. The zero-order chi connectivity index (χ0) is 22.7. The molecule has 3 rings (SSSR count). The maximum absolute atomic E-state index is 11.7. The molecule has 2 aliphatic rings. The van der Waals surface area contributed by atoms with E-state index in [4.69, 9.17) is 29.4 Å². The van der Waals surface area contributed by atoms with Crippen LogP contribution in [0.4, 0.5) is 16.6 Å². The average molecular weight is 455 g/mol. The molecule has 0 spiro atoms. The normalized spacial score (nSPS) is 22.4. The molecule has 3 heterocycles. The molecule has 170 valence electrons. The molecule has 0 amide bonds. The van der Waals surface area contributed by atoms with Crippen LogP contribution in [-0.4, -0.2) is 59.8 Å². The Morgan fingerprint density at radius 2 is 2.13 bits per heavy atom. The molecular weight excluding hydrogens is 428 g/mol. The number of nitrogens with zero attached hydrogens (tertiary/aromatic N) is 3. The Morgan fingerprint density at radius 1 is 1.39 bits per heavy atom. The third kappa shape index (κ3) is 5.31. The minimum Gasteiger partial charge on any atom is -0.477 e. The Morgan fingerprint density at radius 3 is 2.77 bits per heavy atom. The van der Waals surface area contributed by atoms with Gasteiger partial charge in [0.25, 0.3) is 0 Å². The molecule has 0 radical (unpaired) electrons. The fourth-order valence-corrected chi connectivity index (χ4v) is 4.18. The van der Waals surface area contributed by atoms with E-state index in [1.54, 1.807) is 18.7 Å². The van der Waals surface area contributed by atoms with Gasteiger partial charge in [-0.15, -0.1) is 0 Å². The Kier molecular flexibility index (Phi) is 7.11. The molecule has 3 atom stereocenters. The number of fused-ring (bicyclic) bond motifs is 1. The van der Waals surface area contributed by atoms with Crippen LogP contribution in [0, 0.1) is 0 Å². The van der Waals surface area contributed by atoms with Crippen LogP contribution in [0.2, 0.25) is 0 Å². The van der Waals surface area contributed by atoms with Crippen molar-refractivity contribution in [1.82, 2.24) is 9.97 Å². The minimum atomic E-state index is -0.792. The Hall–Kier alpha value is -2.73. The molecule has 1 aromatic rings. The number of thioether (sulfide) groups is 1. The van der Waals surface area contributed by atoms with Crippen LogP contribution in [0.15, 0.2) is 16.5 Å². The standard InChI is InChI=1S/C19H26N4O7S/c1-6-26-16-14-15(21-18(20)22-16)23(10(4)31-14)17-13(29-11(5)24)7-12(30-17)8-27-19(25)28-9(2)3/h9,12-13,17H,4,6-8H2,1-3,5H3,(H2,20,21,22)/t12-,13+,17+/m0/s1. The fraction of sp³-hybridized carbons (Fsp3) is 0.579. The van der Waals surface area contributed by atoms with E-state index in [0.717, 1.165) is 0 Å². The van der Waals surface area contributed by atoms with Crippen LogP contribution >= 0.6 is 11.8 Å². The summed E-state index contributed by atoms with van der Waals surface area (Å²) in [5, 5.41) is 0.582. The van der Waals surface area contributed by atoms with E-state index in [0.29, 0.717) is 34.7 Å². The van der Waals surface area contributed by atoms with Gasteiger partial charge in [-0.2, -0.15) is 9.97 Å². The number of nitrogen functional groups attached to an aromatic ring is 1. The summed E-state index contributed by atoms with van der Waals surface area (Å²) in [6, 6.07) is 0. The van der Waals surface area contributed by atoms with Crippen molar-refractivity contribution in [2.75, 3.05) is 23.8 Å². The van der Waals surface area contributed by atoms with Crippen molar-refractivity contribution in [2.45, 2.75) is 63.6 Å². The highest BCUT2D eigenvalue weighted by Gasteiger charge is 2.46. The van der Waals surface area contributed by atoms with Gasteiger partial charge in [0, 0.05) is 13.3 Å². The van der Waals surface area contributed by atoms with Crippen molar-refractivity contribution >= 4 is 35.7 Å². The second-order valence-corrected chi connectivity index (χ2v) is 8.18. The molecule has 1 fully saturated rings. The molecule has 12 heteroatoms. The number of hydrogen-bond acceptors (Lipinski definition) is 12. The van der Waals surface area contributed by atoms with Crippen LogP contribution < -0.4 is 15.4 Å². The van der Waals surface area contributed by atoms with Crippen LogP contribution in [0.25, 0.3) is 0 Å². The number of nitrogens with two attached hydrogens (primary N) is 1. The van der Waals surface area contributed by atoms with Crippen molar-refractivity contribution in [2.24, 2.45) is 0 Å². The van der Waals surface area contributed by atoms with Crippen molar-refractivity contribution in [3.05, 3.63) is 11.6 Å². The quantitative estimate of drug-likeness (QED) is 0.606. The van der Waals surface area contributed by atoms with Crippen LogP contribution in [0.3, 0.4) is 0 Å². The summed E-state index contributed by atoms with van der Waals surface area (Å²) in [5.41, 5.74) is 5.87. The number of anilines is 2. The molecule has 0 aromatic carbocycles.